The molecule has 4 aromatic heterocycles. The van der Waals surface area contributed by atoms with E-state index in [1.807, 2.05) is 47.1 Å². The maximum atomic E-state index is 13.6. The first-order valence-electron chi connectivity index (χ1n) is 21.9. The second-order valence-corrected chi connectivity index (χ2v) is 17.9. The van der Waals surface area contributed by atoms with Crippen LogP contribution >= 0.6 is 0 Å². The number of aryl methyl sites for hydroxylation is 4. The number of aromatic nitrogens is 4. The third-order valence-corrected chi connectivity index (χ3v) is 11.5. The molecule has 0 fully saturated rings. The number of benzene rings is 4. The van der Waals surface area contributed by atoms with Crippen molar-refractivity contribution in [3.05, 3.63) is 143 Å². The number of hydrogen-bond acceptors (Lipinski definition) is 4. The van der Waals surface area contributed by atoms with Crippen molar-refractivity contribution in [3.8, 4) is 0 Å². The highest BCUT2D eigenvalue weighted by molar-refractivity contribution is 5.83. The van der Waals surface area contributed by atoms with Crippen molar-refractivity contribution in [2.45, 2.75) is 53.9 Å². The molecule has 0 aliphatic heterocycles. The first-order chi connectivity index (χ1) is 30.3. The third-order valence-electron chi connectivity index (χ3n) is 11.5. The van der Waals surface area contributed by atoms with Crippen LogP contribution in [0.15, 0.2) is 97.6 Å². The lowest BCUT2D eigenvalue weighted by atomic mass is 10.1. The molecule has 0 aliphatic rings. The SMILES string of the molecule is CN(C)CCn1ccc2c(F)cc(F)cc21.CN(C)CCn1ccc2cc(F)cc(F)c21.Cc1cc2ccn(CCN(C)C)c2cc1C.Cc1cc2ccn(CCN(C)C)c2cc1C. The van der Waals surface area contributed by atoms with Crippen molar-refractivity contribution in [2.75, 3.05) is 82.6 Å². The monoisotopic (exact) mass is 881 g/mol. The van der Waals surface area contributed by atoms with Crippen LogP contribution < -0.4 is 0 Å². The van der Waals surface area contributed by atoms with Gasteiger partial charge in [0, 0.05) is 111 Å². The second-order valence-electron chi connectivity index (χ2n) is 17.9. The number of nitrogens with zero attached hydrogens (tertiary/aromatic N) is 8. The lowest BCUT2D eigenvalue weighted by Crippen LogP contribution is -2.18. The Kier molecular flexibility index (Phi) is 17.4. The molecule has 64 heavy (non-hydrogen) atoms. The second kappa shape index (κ2) is 22.5. The van der Waals surface area contributed by atoms with Crippen LogP contribution in [0.1, 0.15) is 22.3 Å². The highest BCUT2D eigenvalue weighted by Crippen LogP contribution is 2.24. The molecular weight excluding hydrogens is 813 g/mol. The topological polar surface area (TPSA) is 32.7 Å². The number of hydrogen-bond donors (Lipinski definition) is 0. The lowest BCUT2D eigenvalue weighted by Gasteiger charge is -2.11. The average Bonchev–Trinajstić information content (AvgIpc) is 4.01. The molecule has 0 amide bonds. The molecule has 0 saturated carbocycles. The van der Waals surface area contributed by atoms with Crippen molar-refractivity contribution in [2.24, 2.45) is 0 Å². The molecule has 0 spiro atoms. The van der Waals surface area contributed by atoms with E-state index in [0.717, 1.165) is 57.9 Å². The van der Waals surface area contributed by atoms with E-state index >= 15 is 0 Å². The zero-order chi connectivity index (χ0) is 46.8. The number of rotatable bonds is 12. The molecule has 12 heteroatoms. The molecule has 0 aliphatic carbocycles. The van der Waals surface area contributed by atoms with Crippen molar-refractivity contribution in [3.63, 3.8) is 0 Å². The minimum absolute atomic E-state index is 0.472. The summed E-state index contributed by atoms with van der Waals surface area (Å²) < 4.78 is 61.4. The molecule has 344 valence electrons. The van der Waals surface area contributed by atoms with Crippen LogP contribution in [0, 0.1) is 51.0 Å². The van der Waals surface area contributed by atoms with Crippen LogP contribution in [0.3, 0.4) is 0 Å². The van der Waals surface area contributed by atoms with Gasteiger partial charge in [0.2, 0.25) is 0 Å². The van der Waals surface area contributed by atoms with Gasteiger partial charge in [-0.2, -0.15) is 0 Å². The molecule has 0 radical (unpaired) electrons. The molecule has 0 atom stereocenters. The van der Waals surface area contributed by atoms with Crippen LogP contribution in [0.5, 0.6) is 0 Å². The van der Waals surface area contributed by atoms with E-state index in [1.54, 1.807) is 24.5 Å². The molecule has 8 aromatic rings. The Morgan fingerprint density at radius 3 is 1.20 bits per heavy atom. The molecule has 0 N–H and O–H groups in total. The normalized spacial score (nSPS) is 11.6. The van der Waals surface area contributed by atoms with Gasteiger partial charge in [0.1, 0.15) is 23.3 Å². The van der Waals surface area contributed by atoms with E-state index in [-0.39, 0.29) is 0 Å². The van der Waals surface area contributed by atoms with E-state index in [0.29, 0.717) is 28.4 Å². The number of fused-ring (bicyclic) bond motifs is 4. The number of halogens is 4. The molecule has 4 aromatic carbocycles. The zero-order valence-corrected chi connectivity index (χ0v) is 40.0. The fourth-order valence-electron chi connectivity index (χ4n) is 7.39. The summed E-state index contributed by atoms with van der Waals surface area (Å²) in [5.41, 5.74) is 9.28. The van der Waals surface area contributed by atoms with Gasteiger partial charge in [-0.25, -0.2) is 17.6 Å². The summed E-state index contributed by atoms with van der Waals surface area (Å²) in [7, 11) is 16.3. The van der Waals surface area contributed by atoms with E-state index in [2.05, 4.69) is 124 Å². The smallest absolute Gasteiger partial charge is 0.150 e. The summed E-state index contributed by atoms with van der Waals surface area (Å²) in [6, 6.07) is 21.5. The predicted octanol–water partition coefficient (Wildman–Crippen LogP) is 10.6. The van der Waals surface area contributed by atoms with Gasteiger partial charge in [0.15, 0.2) is 0 Å². The summed E-state index contributed by atoms with van der Waals surface area (Å²) in [6.45, 7) is 16.0. The van der Waals surface area contributed by atoms with Gasteiger partial charge < -0.3 is 37.9 Å². The Morgan fingerprint density at radius 1 is 0.375 bits per heavy atom. The van der Waals surface area contributed by atoms with Gasteiger partial charge >= 0.3 is 0 Å². The minimum atomic E-state index is -0.533. The highest BCUT2D eigenvalue weighted by Gasteiger charge is 2.11. The Labute approximate surface area is 377 Å². The fourth-order valence-corrected chi connectivity index (χ4v) is 7.39. The summed E-state index contributed by atoms with van der Waals surface area (Å²) in [4.78, 5) is 8.48. The molecule has 0 saturated heterocycles. The summed E-state index contributed by atoms with van der Waals surface area (Å²) in [6.07, 6.45) is 7.95. The molecular formula is C52H68F4N8. The Hall–Kier alpha value is -5.40. The Bertz CT molecular complexity index is 2660. The first kappa shape index (κ1) is 49.6. The van der Waals surface area contributed by atoms with E-state index in [4.69, 9.17) is 0 Å². The van der Waals surface area contributed by atoms with Gasteiger partial charge in [0.25, 0.3) is 0 Å². The van der Waals surface area contributed by atoms with E-state index in [9.17, 15) is 17.6 Å². The Balaban J connectivity index is 0.000000161. The van der Waals surface area contributed by atoms with E-state index < -0.39 is 23.3 Å². The van der Waals surface area contributed by atoms with Gasteiger partial charge in [0.05, 0.1) is 11.0 Å². The molecule has 8 nitrogen and oxygen atoms in total. The highest BCUT2D eigenvalue weighted by atomic mass is 19.1. The molecule has 0 bridgehead atoms. The summed E-state index contributed by atoms with van der Waals surface area (Å²) >= 11 is 0. The number of likely N-dealkylation sites (N-methyl/N-ethyl adjacent to an activating group) is 4. The average molecular weight is 881 g/mol. The fraction of sp³-hybridized carbons (Fsp3) is 0.385. The van der Waals surface area contributed by atoms with Gasteiger partial charge in [-0.1, -0.05) is 0 Å². The van der Waals surface area contributed by atoms with Crippen molar-refractivity contribution in [1.82, 2.24) is 37.9 Å². The molecule has 0 unspecified atom stereocenters. The maximum absolute atomic E-state index is 13.6. The van der Waals surface area contributed by atoms with Gasteiger partial charge in [-0.3, -0.25) is 0 Å². The summed E-state index contributed by atoms with van der Waals surface area (Å²) in [5.74, 6) is -2.07. The van der Waals surface area contributed by atoms with E-state index in [1.165, 1.54) is 56.2 Å². The molecule has 4 heterocycles. The lowest BCUT2D eigenvalue weighted by molar-refractivity contribution is 0.386. The molecule has 8 rings (SSSR count). The van der Waals surface area contributed by atoms with Crippen LogP contribution in [0.2, 0.25) is 0 Å². The third kappa shape index (κ3) is 13.3. The maximum Gasteiger partial charge on any atom is 0.150 e. The van der Waals surface area contributed by atoms with Crippen LogP contribution in [-0.4, -0.2) is 120 Å². The minimum Gasteiger partial charge on any atom is -0.346 e. The first-order valence-corrected chi connectivity index (χ1v) is 21.9. The standard InChI is InChI=1S/2C14H20N2.2C12H14F2N2/c2*1-11-9-13-5-6-16(8-7-15(3)4)14(13)10-12(11)2;1-15(2)5-6-16-4-3-10-11(14)7-9(13)8-12(10)16;1-15(2)5-6-16-4-3-9-7-10(13)8-11(14)12(9)16/h2*5-6,9-10H,7-8H2,1-4H3;2*3-4,7-8H,5-6H2,1-2H3. The van der Waals surface area contributed by atoms with Gasteiger partial charge in [-0.15, -0.1) is 0 Å². The predicted molar refractivity (Wildman–Crippen MR) is 261 cm³/mol. The van der Waals surface area contributed by atoms with Crippen LogP contribution in [0.4, 0.5) is 17.6 Å². The van der Waals surface area contributed by atoms with Crippen LogP contribution in [-0.2, 0) is 26.2 Å². The van der Waals surface area contributed by atoms with Crippen molar-refractivity contribution >= 4 is 43.6 Å². The van der Waals surface area contributed by atoms with Crippen LogP contribution in [0.25, 0.3) is 43.6 Å². The zero-order valence-electron chi connectivity index (χ0n) is 40.0. The van der Waals surface area contributed by atoms with Crippen molar-refractivity contribution < 1.29 is 17.6 Å². The summed E-state index contributed by atoms with van der Waals surface area (Å²) in [5, 5.41) is 3.78. The quantitative estimate of drug-likeness (QED) is 0.115. The largest absolute Gasteiger partial charge is 0.346 e. The van der Waals surface area contributed by atoms with Crippen molar-refractivity contribution in [1.29, 1.82) is 0 Å². The van der Waals surface area contributed by atoms with Gasteiger partial charge in [-0.05, 0) is 178 Å². The Morgan fingerprint density at radius 2 is 0.734 bits per heavy atom.